The normalized spacial score (nSPS) is 10.8. The number of nitrogens with one attached hydrogen (secondary N) is 2. The molecular formula is C26H21Cl2F2N5O2. The number of para-hydroxylation sites is 1. The lowest BCUT2D eigenvalue weighted by molar-refractivity contribution is -0.118. The van der Waals surface area contributed by atoms with Crippen LogP contribution in [0.15, 0.2) is 60.7 Å². The van der Waals surface area contributed by atoms with Gasteiger partial charge < -0.3 is 16.4 Å². The Morgan fingerprint density at radius 1 is 1.00 bits per heavy atom. The number of nitrogens with two attached hydrogens (primary N) is 1. The van der Waals surface area contributed by atoms with Crippen molar-refractivity contribution >= 4 is 40.7 Å². The van der Waals surface area contributed by atoms with Gasteiger partial charge in [-0.25, -0.2) is 13.8 Å². The molecule has 0 bridgehead atoms. The van der Waals surface area contributed by atoms with E-state index in [1.165, 1.54) is 35.8 Å². The smallest absolute Gasteiger partial charge is 0.269 e. The van der Waals surface area contributed by atoms with E-state index in [0.29, 0.717) is 24.3 Å². The van der Waals surface area contributed by atoms with Gasteiger partial charge in [-0.15, -0.1) is 0 Å². The highest BCUT2D eigenvalue weighted by atomic mass is 35.5. The fourth-order valence-electron chi connectivity index (χ4n) is 3.85. The molecule has 0 aliphatic heterocycles. The number of primary amides is 1. The maximum Gasteiger partial charge on any atom is 0.269 e. The van der Waals surface area contributed by atoms with E-state index in [9.17, 15) is 14.0 Å². The number of nitrogens with zero attached hydrogens (tertiary/aromatic N) is 2. The van der Waals surface area contributed by atoms with Gasteiger partial charge in [-0.1, -0.05) is 41.4 Å². The van der Waals surface area contributed by atoms with Gasteiger partial charge in [-0.2, -0.15) is 0 Å². The van der Waals surface area contributed by atoms with Crippen molar-refractivity contribution in [2.45, 2.75) is 6.92 Å². The highest BCUT2D eigenvalue weighted by Gasteiger charge is 2.27. The van der Waals surface area contributed by atoms with Gasteiger partial charge in [-0.05, 0) is 42.5 Å². The van der Waals surface area contributed by atoms with Crippen LogP contribution in [0.4, 0.5) is 14.5 Å². The maximum absolute atomic E-state index is 15.4. The number of hydrogen-bond acceptors (Lipinski definition) is 4. The van der Waals surface area contributed by atoms with Crippen LogP contribution in [0.25, 0.3) is 28.3 Å². The molecule has 3 aromatic carbocycles. The van der Waals surface area contributed by atoms with Gasteiger partial charge >= 0.3 is 0 Å². The Kier molecular flexibility index (Phi) is 7.75. The molecule has 0 aliphatic carbocycles. The summed E-state index contributed by atoms with van der Waals surface area (Å²) in [6.45, 7) is 2.15. The molecule has 2 amide bonds. The van der Waals surface area contributed by atoms with Crippen molar-refractivity contribution in [2.75, 3.05) is 18.4 Å². The monoisotopic (exact) mass is 543 g/mol. The van der Waals surface area contributed by atoms with Crippen molar-refractivity contribution in [3.05, 3.63) is 88.0 Å². The van der Waals surface area contributed by atoms with Crippen LogP contribution in [0, 0.1) is 11.6 Å². The molecule has 0 radical (unpaired) electrons. The number of imidazole rings is 1. The standard InChI is InChI=1S/C26H21Cl2F2N5O2/c1-14(36)32-11-12-33-20-7-3-2-5-16(20)26-34-23(25(31)37)24(15-9-10-19(29)18(28)13-15)35(26)21-8-4-6-17(27)22(21)30/h2-10,13,33H,11-12H2,1H3,(H2,31,37)(H,32,36). The molecule has 0 saturated carbocycles. The van der Waals surface area contributed by atoms with Gasteiger partial charge in [0.2, 0.25) is 5.91 Å². The number of rotatable bonds is 8. The lowest BCUT2D eigenvalue weighted by Gasteiger charge is -2.17. The number of anilines is 1. The van der Waals surface area contributed by atoms with Gasteiger partial charge in [-0.3, -0.25) is 14.2 Å². The first-order chi connectivity index (χ1) is 17.7. The predicted molar refractivity (Wildman–Crippen MR) is 140 cm³/mol. The molecule has 1 heterocycles. The quantitative estimate of drug-likeness (QED) is 0.257. The van der Waals surface area contributed by atoms with Crippen molar-refractivity contribution in [1.82, 2.24) is 14.9 Å². The Labute approximate surface area is 221 Å². The molecule has 0 unspecified atom stereocenters. The van der Waals surface area contributed by atoms with Crippen molar-refractivity contribution in [3.63, 3.8) is 0 Å². The molecule has 11 heteroatoms. The van der Waals surface area contributed by atoms with E-state index in [2.05, 4.69) is 15.6 Å². The topological polar surface area (TPSA) is 102 Å². The van der Waals surface area contributed by atoms with E-state index in [0.717, 1.165) is 6.07 Å². The summed E-state index contributed by atoms with van der Waals surface area (Å²) in [5, 5.41) is 5.56. The summed E-state index contributed by atoms with van der Waals surface area (Å²) in [7, 11) is 0. The minimum atomic E-state index is -0.881. The summed E-state index contributed by atoms with van der Waals surface area (Å²) >= 11 is 12.1. The van der Waals surface area contributed by atoms with Crippen molar-refractivity contribution < 1.29 is 18.4 Å². The van der Waals surface area contributed by atoms with Crippen molar-refractivity contribution in [2.24, 2.45) is 5.73 Å². The fraction of sp³-hybridized carbons (Fsp3) is 0.115. The second-order valence-corrected chi connectivity index (χ2v) is 8.80. The van der Waals surface area contributed by atoms with E-state index >= 15 is 4.39 Å². The van der Waals surface area contributed by atoms with Crippen LogP contribution in [0.2, 0.25) is 10.0 Å². The highest BCUT2D eigenvalue weighted by Crippen LogP contribution is 2.38. The van der Waals surface area contributed by atoms with Gasteiger partial charge in [0, 0.05) is 36.8 Å². The number of aromatic nitrogens is 2. The zero-order valence-electron chi connectivity index (χ0n) is 19.5. The first-order valence-electron chi connectivity index (χ1n) is 11.1. The molecule has 37 heavy (non-hydrogen) atoms. The van der Waals surface area contributed by atoms with Crippen LogP contribution in [0.5, 0.6) is 0 Å². The summed E-state index contributed by atoms with van der Waals surface area (Å²) in [4.78, 5) is 28.3. The maximum atomic E-state index is 15.4. The van der Waals surface area contributed by atoms with Crippen LogP contribution in [-0.4, -0.2) is 34.5 Å². The molecule has 190 valence electrons. The molecule has 4 N–H and O–H groups in total. The summed E-state index contributed by atoms with van der Waals surface area (Å²) in [5.41, 5.74) is 7.01. The summed E-state index contributed by atoms with van der Waals surface area (Å²) in [6.07, 6.45) is 0. The Morgan fingerprint density at radius 2 is 1.76 bits per heavy atom. The van der Waals surface area contributed by atoms with Crippen LogP contribution in [0.1, 0.15) is 17.4 Å². The second-order valence-electron chi connectivity index (χ2n) is 7.99. The largest absolute Gasteiger partial charge is 0.383 e. The summed E-state index contributed by atoms with van der Waals surface area (Å²) in [6, 6.07) is 15.3. The highest BCUT2D eigenvalue weighted by molar-refractivity contribution is 6.31. The summed E-state index contributed by atoms with van der Waals surface area (Å²) in [5.74, 6) is -2.30. The van der Waals surface area contributed by atoms with E-state index in [4.69, 9.17) is 28.9 Å². The van der Waals surface area contributed by atoms with E-state index < -0.39 is 17.5 Å². The number of hydrogen-bond donors (Lipinski definition) is 3. The average molecular weight is 544 g/mol. The molecule has 0 spiro atoms. The third kappa shape index (κ3) is 5.42. The molecular weight excluding hydrogens is 523 g/mol. The zero-order valence-corrected chi connectivity index (χ0v) is 21.0. The third-order valence-corrected chi connectivity index (χ3v) is 6.04. The van der Waals surface area contributed by atoms with Crippen LogP contribution in [0.3, 0.4) is 0 Å². The Balaban J connectivity index is 2.00. The average Bonchev–Trinajstić information content (AvgIpc) is 3.26. The van der Waals surface area contributed by atoms with Gasteiger partial charge in [0.05, 0.1) is 21.4 Å². The Hall–Kier alpha value is -3.95. The number of benzene rings is 3. The molecule has 4 rings (SSSR count). The number of carbonyl (C=O) groups is 2. The number of amides is 2. The van der Waals surface area contributed by atoms with Crippen LogP contribution < -0.4 is 16.4 Å². The second kappa shape index (κ2) is 11.0. The molecule has 1 aromatic heterocycles. The van der Waals surface area contributed by atoms with Crippen molar-refractivity contribution in [1.29, 1.82) is 0 Å². The fourth-order valence-corrected chi connectivity index (χ4v) is 4.20. The Morgan fingerprint density at radius 3 is 2.46 bits per heavy atom. The van der Waals surface area contributed by atoms with Gasteiger partial charge in [0.15, 0.2) is 11.5 Å². The van der Waals surface area contributed by atoms with E-state index in [1.54, 1.807) is 30.3 Å². The zero-order chi connectivity index (χ0) is 26.7. The molecule has 0 atom stereocenters. The van der Waals surface area contributed by atoms with E-state index in [1.807, 2.05) is 0 Å². The minimum Gasteiger partial charge on any atom is -0.383 e. The van der Waals surface area contributed by atoms with Crippen LogP contribution >= 0.6 is 23.2 Å². The SMILES string of the molecule is CC(=O)NCCNc1ccccc1-c1nc(C(N)=O)c(-c2ccc(F)c(Cl)c2)n1-c1cccc(Cl)c1F. The molecule has 0 saturated heterocycles. The predicted octanol–water partition coefficient (Wildman–Crippen LogP) is 5.44. The lowest BCUT2D eigenvalue weighted by Crippen LogP contribution is -2.26. The molecule has 0 fully saturated rings. The first kappa shape index (κ1) is 26.1. The van der Waals surface area contributed by atoms with Crippen LogP contribution in [-0.2, 0) is 4.79 Å². The first-order valence-corrected chi connectivity index (χ1v) is 11.8. The number of halogens is 4. The van der Waals surface area contributed by atoms with Crippen molar-refractivity contribution in [3.8, 4) is 28.3 Å². The molecule has 0 aliphatic rings. The molecule has 4 aromatic rings. The van der Waals surface area contributed by atoms with E-state index in [-0.39, 0.29) is 44.4 Å². The lowest BCUT2D eigenvalue weighted by atomic mass is 10.1. The minimum absolute atomic E-state index is 0.00834. The molecule has 7 nitrogen and oxygen atoms in total. The number of carbonyl (C=O) groups excluding carboxylic acids is 2. The van der Waals surface area contributed by atoms with Gasteiger partial charge in [0.1, 0.15) is 11.6 Å². The third-order valence-electron chi connectivity index (χ3n) is 5.46. The Bertz CT molecular complexity index is 1510. The summed E-state index contributed by atoms with van der Waals surface area (Å²) < 4.78 is 30.8. The van der Waals surface area contributed by atoms with Gasteiger partial charge in [0.25, 0.3) is 5.91 Å².